The van der Waals surface area contributed by atoms with Crippen LogP contribution in [0.3, 0.4) is 0 Å². The molecule has 3 aliphatic rings. The molecule has 2 unspecified atom stereocenters. The molecule has 6 nitrogen and oxygen atoms in total. The molecule has 6 heteroatoms. The van der Waals surface area contributed by atoms with Gasteiger partial charge in [-0.25, -0.2) is 0 Å². The zero-order chi connectivity index (χ0) is 19.9. The van der Waals surface area contributed by atoms with Crippen LogP contribution in [0.4, 0.5) is 17.1 Å². The second-order valence-corrected chi connectivity index (χ2v) is 7.78. The first-order chi connectivity index (χ1) is 14.8. The molecule has 3 N–H and O–H groups in total. The van der Waals surface area contributed by atoms with Crippen LogP contribution >= 0.6 is 0 Å². The minimum absolute atomic E-state index is 0.129. The fourth-order valence-electron chi connectivity index (χ4n) is 4.24. The van der Waals surface area contributed by atoms with Crippen molar-refractivity contribution in [3.8, 4) is 17.2 Å². The molecule has 3 aromatic rings. The molecule has 3 heterocycles. The highest BCUT2D eigenvalue weighted by molar-refractivity contribution is 5.73. The predicted molar refractivity (Wildman–Crippen MR) is 117 cm³/mol. The largest absolute Gasteiger partial charge is 0.490 e. The Balaban J connectivity index is 1.24. The molecule has 0 aromatic heterocycles. The minimum atomic E-state index is -0.129. The Hall–Kier alpha value is -3.54. The summed E-state index contributed by atoms with van der Waals surface area (Å²) in [4.78, 5) is 0. The highest BCUT2D eigenvalue weighted by Crippen LogP contribution is 2.39. The third-order valence-electron chi connectivity index (χ3n) is 5.83. The lowest BCUT2D eigenvalue weighted by molar-refractivity contribution is 0.0913. The standard InChI is InChI=1S/C24H23N3O3/c1-2-4-22-21(3-1)29-14-24(30-22)16-6-7-17-19(11-16)27-20(13-26-17)15-5-8-18-23(12-15)28-10-9-25-18/h1-8,11-12,20,24-27H,9-10,13-14H2. The van der Waals surface area contributed by atoms with Gasteiger partial charge in [0.15, 0.2) is 17.6 Å². The van der Waals surface area contributed by atoms with Gasteiger partial charge in [0.05, 0.1) is 23.1 Å². The van der Waals surface area contributed by atoms with Gasteiger partial charge in [-0.15, -0.1) is 0 Å². The molecule has 0 saturated carbocycles. The molecule has 0 aliphatic carbocycles. The molecule has 0 radical (unpaired) electrons. The van der Waals surface area contributed by atoms with E-state index in [1.807, 2.05) is 24.3 Å². The zero-order valence-corrected chi connectivity index (χ0v) is 16.5. The quantitative estimate of drug-likeness (QED) is 0.584. The number of fused-ring (bicyclic) bond motifs is 3. The van der Waals surface area contributed by atoms with Crippen molar-refractivity contribution in [1.29, 1.82) is 0 Å². The number of ether oxygens (including phenoxy) is 3. The highest BCUT2D eigenvalue weighted by atomic mass is 16.6. The first-order valence-electron chi connectivity index (χ1n) is 10.4. The Labute approximate surface area is 175 Å². The topological polar surface area (TPSA) is 63.8 Å². The third kappa shape index (κ3) is 3.05. The van der Waals surface area contributed by atoms with E-state index in [0.29, 0.717) is 13.2 Å². The number of anilines is 3. The number of para-hydroxylation sites is 2. The molecule has 6 rings (SSSR count). The van der Waals surface area contributed by atoms with Crippen LogP contribution in [0.2, 0.25) is 0 Å². The van der Waals surface area contributed by atoms with E-state index in [1.54, 1.807) is 0 Å². The number of benzene rings is 3. The summed E-state index contributed by atoms with van der Waals surface area (Å²) in [6.07, 6.45) is -0.129. The average molecular weight is 401 g/mol. The molecule has 3 aliphatic heterocycles. The molecule has 152 valence electrons. The Kier molecular flexibility index (Phi) is 4.08. The number of nitrogens with one attached hydrogen (secondary N) is 3. The Bertz CT molecular complexity index is 1100. The molecule has 0 amide bonds. The van der Waals surface area contributed by atoms with Crippen LogP contribution in [-0.4, -0.2) is 26.3 Å². The first-order valence-corrected chi connectivity index (χ1v) is 10.4. The molecule has 30 heavy (non-hydrogen) atoms. The Morgan fingerprint density at radius 1 is 0.733 bits per heavy atom. The fraction of sp³-hybridized carbons (Fsp3) is 0.250. The molecule has 3 aromatic carbocycles. The van der Waals surface area contributed by atoms with E-state index in [0.717, 1.165) is 53.0 Å². The van der Waals surface area contributed by atoms with Crippen LogP contribution in [0, 0.1) is 0 Å². The normalized spacial score (nSPS) is 21.1. The second-order valence-electron chi connectivity index (χ2n) is 7.78. The summed E-state index contributed by atoms with van der Waals surface area (Å²) in [6.45, 7) is 2.87. The van der Waals surface area contributed by atoms with Crippen LogP contribution in [0.25, 0.3) is 0 Å². The van der Waals surface area contributed by atoms with Gasteiger partial charge >= 0.3 is 0 Å². The lowest BCUT2D eigenvalue weighted by atomic mass is 10.0. The third-order valence-corrected chi connectivity index (χ3v) is 5.83. The summed E-state index contributed by atoms with van der Waals surface area (Å²) in [5, 5.41) is 10.6. The smallest absolute Gasteiger partial charge is 0.162 e. The maximum atomic E-state index is 6.19. The van der Waals surface area contributed by atoms with Crippen molar-refractivity contribution < 1.29 is 14.2 Å². The molecular formula is C24H23N3O3. The second kappa shape index (κ2) is 7.06. The summed E-state index contributed by atoms with van der Waals surface area (Å²) in [5.41, 5.74) is 5.53. The minimum Gasteiger partial charge on any atom is -0.490 e. The molecule has 0 spiro atoms. The number of rotatable bonds is 2. The van der Waals surface area contributed by atoms with E-state index in [9.17, 15) is 0 Å². The van der Waals surface area contributed by atoms with Crippen molar-refractivity contribution >= 4 is 17.1 Å². The van der Waals surface area contributed by atoms with Gasteiger partial charge in [-0.3, -0.25) is 0 Å². The van der Waals surface area contributed by atoms with Crippen molar-refractivity contribution in [3.63, 3.8) is 0 Å². The fourth-order valence-corrected chi connectivity index (χ4v) is 4.24. The summed E-state index contributed by atoms with van der Waals surface area (Å²) < 4.78 is 17.9. The van der Waals surface area contributed by atoms with Gasteiger partial charge in [0.1, 0.15) is 19.0 Å². The van der Waals surface area contributed by atoms with Gasteiger partial charge in [-0.05, 0) is 47.5 Å². The van der Waals surface area contributed by atoms with Crippen molar-refractivity contribution in [2.24, 2.45) is 0 Å². The summed E-state index contributed by atoms with van der Waals surface area (Å²) in [6, 6.07) is 20.7. The summed E-state index contributed by atoms with van der Waals surface area (Å²) >= 11 is 0. The SMILES string of the molecule is c1ccc2c(c1)OCC(c1ccc3c(c1)NC(c1ccc4c(c1)OCCN4)CN3)O2. The van der Waals surface area contributed by atoms with E-state index >= 15 is 0 Å². The van der Waals surface area contributed by atoms with Gasteiger partial charge in [0.2, 0.25) is 0 Å². The van der Waals surface area contributed by atoms with Gasteiger partial charge in [-0.1, -0.05) is 24.3 Å². The van der Waals surface area contributed by atoms with Gasteiger partial charge in [0.25, 0.3) is 0 Å². The molecule has 0 saturated heterocycles. The Morgan fingerprint density at radius 2 is 1.60 bits per heavy atom. The van der Waals surface area contributed by atoms with E-state index < -0.39 is 0 Å². The number of hydrogen-bond donors (Lipinski definition) is 3. The molecule has 0 fully saturated rings. The monoisotopic (exact) mass is 401 g/mol. The van der Waals surface area contributed by atoms with E-state index in [-0.39, 0.29) is 12.1 Å². The zero-order valence-electron chi connectivity index (χ0n) is 16.5. The van der Waals surface area contributed by atoms with Gasteiger partial charge in [-0.2, -0.15) is 0 Å². The maximum absolute atomic E-state index is 6.19. The molecule has 2 atom stereocenters. The maximum Gasteiger partial charge on any atom is 0.162 e. The van der Waals surface area contributed by atoms with Crippen molar-refractivity contribution in [3.05, 3.63) is 71.8 Å². The van der Waals surface area contributed by atoms with E-state index in [1.165, 1.54) is 5.56 Å². The van der Waals surface area contributed by atoms with Gasteiger partial charge in [0, 0.05) is 13.1 Å². The summed E-state index contributed by atoms with van der Waals surface area (Å²) in [5.74, 6) is 2.51. The number of hydrogen-bond acceptors (Lipinski definition) is 6. The average Bonchev–Trinajstić information content (AvgIpc) is 2.82. The lowest BCUT2D eigenvalue weighted by Crippen LogP contribution is -2.27. The van der Waals surface area contributed by atoms with Gasteiger partial charge < -0.3 is 30.2 Å². The van der Waals surface area contributed by atoms with E-state index in [4.69, 9.17) is 14.2 Å². The van der Waals surface area contributed by atoms with Crippen LogP contribution in [0.1, 0.15) is 23.3 Å². The highest BCUT2D eigenvalue weighted by Gasteiger charge is 2.25. The van der Waals surface area contributed by atoms with Crippen molar-refractivity contribution in [2.45, 2.75) is 12.1 Å². The van der Waals surface area contributed by atoms with Crippen LogP contribution < -0.4 is 30.2 Å². The van der Waals surface area contributed by atoms with Crippen molar-refractivity contribution in [2.75, 3.05) is 42.3 Å². The lowest BCUT2D eigenvalue weighted by Gasteiger charge is -2.31. The molecule has 0 bridgehead atoms. The summed E-state index contributed by atoms with van der Waals surface area (Å²) in [7, 11) is 0. The Morgan fingerprint density at radius 3 is 2.57 bits per heavy atom. The molecular weight excluding hydrogens is 378 g/mol. The van der Waals surface area contributed by atoms with Crippen LogP contribution in [-0.2, 0) is 0 Å². The first kappa shape index (κ1) is 17.3. The van der Waals surface area contributed by atoms with E-state index in [2.05, 4.69) is 52.3 Å². The van der Waals surface area contributed by atoms with Crippen LogP contribution in [0.5, 0.6) is 17.2 Å². The van der Waals surface area contributed by atoms with Crippen LogP contribution in [0.15, 0.2) is 60.7 Å². The van der Waals surface area contributed by atoms with Crippen molar-refractivity contribution in [1.82, 2.24) is 0 Å². The predicted octanol–water partition coefficient (Wildman–Crippen LogP) is 4.58.